The summed E-state index contributed by atoms with van der Waals surface area (Å²) in [6.07, 6.45) is 4.37. The molecule has 40 heavy (non-hydrogen) atoms. The number of hydrogen-bond donors (Lipinski definition) is 3. The summed E-state index contributed by atoms with van der Waals surface area (Å²) in [7, 11) is 0. The van der Waals surface area contributed by atoms with E-state index in [0.29, 0.717) is 17.7 Å². The largest absolute Gasteiger partial charge is 0.381 e. The van der Waals surface area contributed by atoms with E-state index in [1.807, 2.05) is 66.9 Å². The average molecular weight is 550 g/mol. The van der Waals surface area contributed by atoms with Crippen LogP contribution >= 0.6 is 11.3 Å². The lowest BCUT2D eigenvalue weighted by Crippen LogP contribution is -2.22. The smallest absolute Gasteiger partial charge is 0.264 e. The number of para-hydroxylation sites is 1. The van der Waals surface area contributed by atoms with E-state index in [9.17, 15) is 9.59 Å². The van der Waals surface area contributed by atoms with Crippen LogP contribution in [-0.2, 0) is 6.42 Å². The third-order valence-electron chi connectivity index (χ3n) is 6.26. The normalized spacial score (nSPS) is 11.6. The maximum Gasteiger partial charge on any atom is 0.264 e. The van der Waals surface area contributed by atoms with Gasteiger partial charge >= 0.3 is 0 Å². The Morgan fingerprint density at radius 1 is 1.15 bits per heavy atom. The van der Waals surface area contributed by atoms with Crippen molar-refractivity contribution in [2.24, 2.45) is 5.73 Å². The minimum Gasteiger partial charge on any atom is -0.381 e. The molecular weight excluding hydrogens is 522 g/mol. The number of nitrogens with one attached hydrogen (secondary N) is 1. The Kier molecular flexibility index (Phi) is 7.48. The van der Waals surface area contributed by atoms with Gasteiger partial charge in [0.05, 0.1) is 10.4 Å². The molecule has 5 N–H and O–H groups in total. The van der Waals surface area contributed by atoms with Crippen molar-refractivity contribution in [1.82, 2.24) is 19.3 Å². The highest BCUT2D eigenvalue weighted by molar-refractivity contribution is 7.09. The van der Waals surface area contributed by atoms with Crippen molar-refractivity contribution in [1.29, 1.82) is 0 Å². The molecule has 0 saturated heterocycles. The number of pyridine rings is 1. The molecule has 0 unspecified atom stereocenters. The molecule has 5 aromatic rings. The zero-order chi connectivity index (χ0) is 28.2. The van der Waals surface area contributed by atoms with E-state index in [1.54, 1.807) is 22.1 Å². The minimum atomic E-state index is -0.568. The number of thiazole rings is 1. The van der Waals surface area contributed by atoms with Crippen molar-refractivity contribution in [2.45, 2.75) is 20.3 Å². The number of nitrogens with two attached hydrogens (primary N) is 2. The van der Waals surface area contributed by atoms with Crippen molar-refractivity contribution < 1.29 is 4.79 Å². The molecule has 0 aliphatic carbocycles. The Labute approximate surface area is 234 Å². The van der Waals surface area contributed by atoms with Crippen LogP contribution in [0.2, 0.25) is 0 Å². The van der Waals surface area contributed by atoms with Gasteiger partial charge in [-0.25, -0.2) is 9.67 Å². The second kappa shape index (κ2) is 11.3. The van der Waals surface area contributed by atoms with E-state index in [1.165, 1.54) is 4.68 Å². The monoisotopic (exact) mass is 549 g/mol. The van der Waals surface area contributed by atoms with Gasteiger partial charge in [-0.3, -0.25) is 14.2 Å². The van der Waals surface area contributed by atoms with Gasteiger partial charge in [-0.15, -0.1) is 16.4 Å². The maximum absolute atomic E-state index is 13.4. The summed E-state index contributed by atoms with van der Waals surface area (Å²) in [5.41, 5.74) is 14.2. The van der Waals surface area contributed by atoms with Crippen molar-refractivity contribution in [3.8, 4) is 17.5 Å². The van der Waals surface area contributed by atoms with Crippen LogP contribution in [0, 0.1) is 18.8 Å². The van der Waals surface area contributed by atoms with Crippen LogP contribution in [-0.4, -0.2) is 31.8 Å². The number of amides is 1. The molecule has 1 aliphatic rings. The summed E-state index contributed by atoms with van der Waals surface area (Å²) < 4.78 is 3.29. The highest BCUT2D eigenvalue weighted by Gasteiger charge is 2.20. The molecule has 0 fully saturated rings. The number of rotatable bonds is 3. The molecule has 0 radical (unpaired) electrons. The summed E-state index contributed by atoms with van der Waals surface area (Å²) in [6.45, 7) is 4.66. The molecule has 200 valence electrons. The minimum absolute atomic E-state index is 0.0325. The summed E-state index contributed by atoms with van der Waals surface area (Å²) in [5, 5.41) is 11.4. The molecule has 0 saturated carbocycles. The van der Waals surface area contributed by atoms with Gasteiger partial charge in [0.2, 0.25) is 0 Å². The van der Waals surface area contributed by atoms with Crippen molar-refractivity contribution in [3.05, 3.63) is 104 Å². The Bertz CT molecular complexity index is 1870. The topological polar surface area (TPSA) is 134 Å². The second-order valence-corrected chi connectivity index (χ2v) is 9.98. The zero-order valence-electron chi connectivity index (χ0n) is 22.0. The van der Waals surface area contributed by atoms with Gasteiger partial charge in [0.15, 0.2) is 5.82 Å². The van der Waals surface area contributed by atoms with Crippen LogP contribution in [0.5, 0.6) is 0 Å². The second-order valence-electron chi connectivity index (χ2n) is 8.92. The third-order valence-corrected chi connectivity index (χ3v) is 7.04. The van der Waals surface area contributed by atoms with Crippen molar-refractivity contribution >= 4 is 45.9 Å². The van der Waals surface area contributed by atoms with E-state index < -0.39 is 5.91 Å². The van der Waals surface area contributed by atoms with Gasteiger partial charge in [-0.2, -0.15) is 0 Å². The van der Waals surface area contributed by atoms with Gasteiger partial charge in [-0.05, 0) is 55.0 Å². The first-order valence-corrected chi connectivity index (χ1v) is 13.5. The Morgan fingerprint density at radius 2 is 1.95 bits per heavy atom. The van der Waals surface area contributed by atoms with E-state index in [0.717, 1.165) is 39.5 Å². The van der Waals surface area contributed by atoms with Crippen molar-refractivity contribution in [3.63, 3.8) is 0 Å². The Balaban J connectivity index is 0.000000207. The zero-order valence-corrected chi connectivity index (χ0v) is 22.8. The lowest BCUT2D eigenvalue weighted by Gasteiger charge is -2.14. The number of aryl methyl sites for hydroxylation is 2. The first kappa shape index (κ1) is 26.5. The lowest BCUT2D eigenvalue weighted by molar-refractivity contribution is 0.100. The number of hydrogen-bond acceptors (Lipinski definition) is 7. The fraction of sp³-hybridized carbons (Fsp3) is 0.133. The third kappa shape index (κ3) is 5.23. The molecular formula is C30H27N7O2S. The number of carbonyl (C=O) groups excluding carboxylic acids is 1. The number of fused-ring (bicyclic) bond motifs is 2. The molecule has 0 bridgehead atoms. The number of nitrogen functional groups attached to an aromatic ring is 1. The molecule has 10 heteroatoms. The summed E-state index contributed by atoms with van der Waals surface area (Å²) in [4.78, 5) is 28.8. The van der Waals surface area contributed by atoms with E-state index in [2.05, 4.69) is 40.2 Å². The van der Waals surface area contributed by atoms with Crippen LogP contribution in [0.1, 0.15) is 39.2 Å². The first-order chi connectivity index (χ1) is 19.4. The van der Waals surface area contributed by atoms with E-state index >= 15 is 0 Å². The number of carbonyl (C=O) groups is 1. The number of aromatic nitrogens is 4. The van der Waals surface area contributed by atoms with Gasteiger partial charge in [-0.1, -0.05) is 43.2 Å². The van der Waals surface area contributed by atoms with Crippen LogP contribution in [0.3, 0.4) is 0 Å². The molecule has 0 spiro atoms. The molecule has 4 heterocycles. The highest BCUT2D eigenvalue weighted by Crippen LogP contribution is 2.23. The van der Waals surface area contributed by atoms with Crippen LogP contribution in [0.4, 0.5) is 11.6 Å². The Morgan fingerprint density at radius 3 is 2.65 bits per heavy atom. The summed E-state index contributed by atoms with van der Waals surface area (Å²) >= 11 is 1.57. The average Bonchev–Trinajstić information content (AvgIpc) is 3.53. The quantitative estimate of drug-likeness (QED) is 0.289. The van der Waals surface area contributed by atoms with Crippen LogP contribution in [0.25, 0.3) is 22.7 Å². The van der Waals surface area contributed by atoms with Crippen LogP contribution in [0.15, 0.2) is 70.8 Å². The SMILES string of the molecule is CCc1cc2cccc(C#Cc3csc(C)n3)c2c(=O)n1-c1ccccc1.NC(=O)c1c(N)nn2c1NCC=C2. The first-order valence-electron chi connectivity index (χ1n) is 12.6. The summed E-state index contributed by atoms with van der Waals surface area (Å²) in [6, 6.07) is 17.7. The standard InChI is InChI=1S/C23H18N2OS.C7H9N5O/c1-3-20-14-18-9-7-8-17(12-13-19-15-27-16(2)24-19)22(18)23(26)25(20)21-10-5-4-6-11-21;8-5-4(6(9)13)7-10-2-1-3-12(7)11-5/h4-11,14-15H,3H2,1-2H3;1,3,10H,2H2,(H2,8,11)(H2,9,13). The van der Waals surface area contributed by atoms with Gasteiger partial charge in [0.1, 0.15) is 17.1 Å². The van der Waals surface area contributed by atoms with E-state index in [4.69, 9.17) is 11.5 Å². The van der Waals surface area contributed by atoms with E-state index in [-0.39, 0.29) is 16.9 Å². The lowest BCUT2D eigenvalue weighted by atomic mass is 10.0. The fourth-order valence-electron chi connectivity index (χ4n) is 4.47. The predicted molar refractivity (Wildman–Crippen MR) is 161 cm³/mol. The number of nitrogens with zero attached hydrogens (tertiary/aromatic N) is 4. The van der Waals surface area contributed by atoms with Gasteiger partial charge in [0, 0.05) is 35.1 Å². The fourth-order valence-corrected chi connectivity index (χ4v) is 5.02. The Hall–Kier alpha value is -5.14. The molecule has 1 aliphatic heterocycles. The highest BCUT2D eigenvalue weighted by atomic mass is 32.1. The number of primary amides is 1. The number of anilines is 2. The molecule has 9 nitrogen and oxygen atoms in total. The van der Waals surface area contributed by atoms with Gasteiger partial charge < -0.3 is 16.8 Å². The molecule has 6 rings (SSSR count). The molecule has 1 amide bonds. The van der Waals surface area contributed by atoms with Crippen LogP contribution < -0.4 is 22.3 Å². The van der Waals surface area contributed by atoms with Gasteiger partial charge in [0.25, 0.3) is 11.5 Å². The molecule has 0 atom stereocenters. The maximum atomic E-state index is 13.4. The molecule has 2 aromatic carbocycles. The van der Waals surface area contributed by atoms with Crippen molar-refractivity contribution in [2.75, 3.05) is 17.6 Å². The number of benzene rings is 2. The summed E-state index contributed by atoms with van der Waals surface area (Å²) in [5.74, 6) is 6.39. The predicted octanol–water partition coefficient (Wildman–Crippen LogP) is 4.18. The molecule has 3 aromatic heterocycles.